The number of aliphatic hydroxyl groups excluding tert-OH is 1. The molecule has 0 bridgehead atoms. The van der Waals surface area contributed by atoms with Gasteiger partial charge in [0.05, 0.1) is 22.9 Å². The maximum Gasteiger partial charge on any atom is 0.178 e. The van der Waals surface area contributed by atoms with Crippen LogP contribution in [0, 0.1) is 34.5 Å². The maximum atomic E-state index is 13.8. The number of Topliss-reactive ketones (excluding diaryl/α,β-unsaturated/α-hetero) is 1. The van der Waals surface area contributed by atoms with E-state index in [9.17, 15) is 19.8 Å². The van der Waals surface area contributed by atoms with E-state index in [1.807, 2.05) is 44.2 Å². The highest BCUT2D eigenvalue weighted by molar-refractivity contribution is 7.99. The Morgan fingerprint density at radius 3 is 2.83 bits per heavy atom. The normalized spacial score (nSPS) is 41.5. The Balaban J connectivity index is 1.28. The van der Waals surface area contributed by atoms with Crippen molar-refractivity contribution >= 4 is 34.4 Å². The van der Waals surface area contributed by atoms with Gasteiger partial charge in [-0.3, -0.25) is 9.59 Å². The van der Waals surface area contributed by atoms with Crippen LogP contribution in [0.4, 0.5) is 0 Å². The molecule has 0 aliphatic heterocycles. The molecule has 4 aliphatic rings. The third-order valence-corrected chi connectivity index (χ3v) is 11.1. The lowest BCUT2D eigenvalue weighted by atomic mass is 9.46. The molecule has 0 radical (unpaired) electrons. The second-order valence-corrected chi connectivity index (χ2v) is 12.8. The Labute approximate surface area is 215 Å². The second kappa shape index (κ2) is 8.14. The van der Waals surface area contributed by atoms with Gasteiger partial charge in [0.2, 0.25) is 0 Å². The third-order valence-electron chi connectivity index (χ3n) is 10.2. The standard InChI is InChI=1S/C29H34N2O4S/c1-16-12-20-19-9-8-17-13-18(32)10-11-27(17,2)25(19)23(33)14-28(20,3)29(16,35)24(34)15-36-26-30-21-6-4-5-7-22(21)31-26/h4-7,10-11,13,16,19-20,23,25,33,35H,8-9,12,14-15H2,1-3H3,(H,30,31)/t16-,19?,20?,23+,25?,27?,28?,29+/m1/s1. The van der Waals surface area contributed by atoms with Crippen molar-refractivity contribution in [2.75, 3.05) is 5.75 Å². The smallest absolute Gasteiger partial charge is 0.178 e. The van der Waals surface area contributed by atoms with E-state index in [0.29, 0.717) is 11.6 Å². The average Bonchev–Trinajstić information content (AvgIpc) is 3.35. The summed E-state index contributed by atoms with van der Waals surface area (Å²) in [7, 11) is 0. The fraction of sp³-hybridized carbons (Fsp3) is 0.552. The van der Waals surface area contributed by atoms with Crippen LogP contribution >= 0.6 is 11.8 Å². The van der Waals surface area contributed by atoms with Gasteiger partial charge in [0.15, 0.2) is 16.7 Å². The maximum absolute atomic E-state index is 13.8. The molecule has 2 aromatic rings. The van der Waals surface area contributed by atoms with Crippen molar-refractivity contribution in [3.8, 4) is 0 Å². The fourth-order valence-corrected chi connectivity index (χ4v) is 9.33. The molecule has 3 saturated carbocycles. The zero-order valence-electron chi connectivity index (χ0n) is 21.0. The quantitative estimate of drug-likeness (QED) is 0.529. The van der Waals surface area contributed by atoms with Crippen LogP contribution in [0.5, 0.6) is 0 Å². The number of hydrogen-bond donors (Lipinski definition) is 3. The highest BCUT2D eigenvalue weighted by atomic mass is 32.2. The number of aromatic nitrogens is 2. The summed E-state index contributed by atoms with van der Waals surface area (Å²) in [5.41, 5.74) is 0.321. The van der Waals surface area contributed by atoms with Gasteiger partial charge in [-0.15, -0.1) is 0 Å². The Morgan fingerprint density at radius 2 is 2.06 bits per heavy atom. The van der Waals surface area contributed by atoms with Gasteiger partial charge in [-0.1, -0.05) is 56.3 Å². The number of benzene rings is 1. The van der Waals surface area contributed by atoms with Crippen molar-refractivity contribution < 1.29 is 19.8 Å². The van der Waals surface area contributed by atoms with Gasteiger partial charge in [0.1, 0.15) is 5.60 Å². The number of thioether (sulfide) groups is 1. The van der Waals surface area contributed by atoms with E-state index in [2.05, 4.69) is 16.9 Å². The average molecular weight is 507 g/mol. The molecule has 190 valence electrons. The molecule has 6 nitrogen and oxygen atoms in total. The number of fused-ring (bicyclic) bond motifs is 6. The van der Waals surface area contributed by atoms with Gasteiger partial charge in [0.25, 0.3) is 0 Å². The molecule has 1 aromatic heterocycles. The molecule has 7 heteroatoms. The van der Waals surface area contributed by atoms with E-state index in [4.69, 9.17) is 0 Å². The Hall–Kier alpha value is -2.22. The van der Waals surface area contributed by atoms with Gasteiger partial charge < -0.3 is 15.2 Å². The lowest BCUT2D eigenvalue weighted by Crippen LogP contribution is -2.62. The first-order chi connectivity index (χ1) is 17.1. The summed E-state index contributed by atoms with van der Waals surface area (Å²) >= 11 is 1.33. The monoisotopic (exact) mass is 506 g/mol. The van der Waals surface area contributed by atoms with Crippen LogP contribution < -0.4 is 0 Å². The van der Waals surface area contributed by atoms with E-state index in [0.717, 1.165) is 35.9 Å². The van der Waals surface area contributed by atoms with E-state index < -0.39 is 17.1 Å². The van der Waals surface area contributed by atoms with Gasteiger partial charge >= 0.3 is 0 Å². The van der Waals surface area contributed by atoms with Gasteiger partial charge in [0, 0.05) is 16.7 Å². The number of nitrogens with one attached hydrogen (secondary N) is 1. The number of aromatic amines is 1. The summed E-state index contributed by atoms with van der Waals surface area (Å²) in [5, 5.41) is 24.4. The van der Waals surface area contributed by atoms with Crippen LogP contribution in [0.1, 0.15) is 46.5 Å². The summed E-state index contributed by atoms with van der Waals surface area (Å²) in [5.74, 6) is 0.0728. The third kappa shape index (κ3) is 3.21. The lowest BCUT2D eigenvalue weighted by Gasteiger charge is -2.59. The van der Waals surface area contributed by atoms with Gasteiger partial charge in [-0.05, 0) is 67.7 Å². The molecule has 5 unspecified atom stereocenters. The number of aliphatic hydroxyl groups is 2. The molecule has 1 heterocycles. The summed E-state index contributed by atoms with van der Waals surface area (Å²) in [6, 6.07) is 7.75. The predicted octanol–water partition coefficient (Wildman–Crippen LogP) is 4.48. The van der Waals surface area contributed by atoms with E-state index in [1.54, 1.807) is 12.2 Å². The van der Waals surface area contributed by atoms with E-state index >= 15 is 0 Å². The summed E-state index contributed by atoms with van der Waals surface area (Å²) in [4.78, 5) is 33.6. The Morgan fingerprint density at radius 1 is 1.28 bits per heavy atom. The molecular formula is C29H34N2O4S. The van der Waals surface area contributed by atoms with Crippen molar-refractivity contribution in [2.45, 2.75) is 63.3 Å². The highest BCUT2D eigenvalue weighted by Crippen LogP contribution is 2.68. The Kier molecular flexibility index (Phi) is 5.46. The van der Waals surface area contributed by atoms with Crippen LogP contribution in [-0.2, 0) is 9.59 Å². The number of ketones is 2. The SMILES string of the molecule is C[C@@H]1CC2C3CCC4=CC(=O)C=CC4(C)C3[C@@H](O)CC2(C)[C@@]1(O)C(=O)CSc1nc2ccccc2[nH]1. The fourth-order valence-electron chi connectivity index (χ4n) is 8.49. The van der Waals surface area contributed by atoms with Gasteiger partial charge in [-0.2, -0.15) is 0 Å². The number of imidazole rings is 1. The molecule has 3 fully saturated rings. The zero-order chi connectivity index (χ0) is 25.5. The molecule has 0 amide bonds. The lowest BCUT2D eigenvalue weighted by molar-refractivity contribution is -0.179. The van der Waals surface area contributed by atoms with Crippen molar-refractivity contribution in [1.82, 2.24) is 9.97 Å². The first-order valence-corrected chi connectivity index (χ1v) is 14.0. The summed E-state index contributed by atoms with van der Waals surface area (Å²) in [6.45, 7) is 6.16. The number of hydrogen-bond acceptors (Lipinski definition) is 6. The van der Waals surface area contributed by atoms with Crippen LogP contribution in [0.2, 0.25) is 0 Å². The molecular weight excluding hydrogens is 472 g/mol. The molecule has 0 spiro atoms. The van der Waals surface area contributed by atoms with Crippen LogP contribution in [0.15, 0.2) is 53.2 Å². The Bertz CT molecular complexity index is 1280. The van der Waals surface area contributed by atoms with E-state index in [1.165, 1.54) is 11.8 Å². The van der Waals surface area contributed by atoms with Crippen molar-refractivity contribution in [3.05, 3.63) is 48.1 Å². The first-order valence-electron chi connectivity index (χ1n) is 13.0. The zero-order valence-corrected chi connectivity index (χ0v) is 21.8. The molecule has 6 rings (SSSR count). The summed E-state index contributed by atoms with van der Waals surface area (Å²) in [6.07, 6.45) is 7.56. The minimum absolute atomic E-state index is 0.0190. The topological polar surface area (TPSA) is 103 Å². The number of carbonyl (C=O) groups is 2. The van der Waals surface area contributed by atoms with Crippen molar-refractivity contribution in [2.24, 2.45) is 34.5 Å². The predicted molar refractivity (Wildman–Crippen MR) is 139 cm³/mol. The molecule has 36 heavy (non-hydrogen) atoms. The number of allylic oxidation sites excluding steroid dienone is 4. The number of H-pyrrole nitrogens is 1. The van der Waals surface area contributed by atoms with Crippen LogP contribution in [0.3, 0.4) is 0 Å². The number of rotatable bonds is 4. The number of carbonyl (C=O) groups excluding carboxylic acids is 2. The first kappa shape index (κ1) is 24.1. The highest BCUT2D eigenvalue weighted by Gasteiger charge is 2.70. The molecule has 4 aliphatic carbocycles. The molecule has 8 atom stereocenters. The summed E-state index contributed by atoms with van der Waals surface area (Å²) < 4.78 is 0. The second-order valence-electron chi connectivity index (χ2n) is 11.9. The van der Waals surface area contributed by atoms with Gasteiger partial charge in [-0.25, -0.2) is 4.98 Å². The minimum Gasteiger partial charge on any atom is -0.393 e. The molecule has 0 saturated heterocycles. The molecule has 3 N–H and O–H groups in total. The minimum atomic E-state index is -1.50. The number of nitrogens with zero attached hydrogens (tertiary/aromatic N) is 1. The van der Waals surface area contributed by atoms with Crippen LogP contribution in [-0.4, -0.2) is 49.2 Å². The van der Waals surface area contributed by atoms with Crippen molar-refractivity contribution in [1.29, 1.82) is 0 Å². The van der Waals surface area contributed by atoms with Crippen molar-refractivity contribution in [3.63, 3.8) is 0 Å². The van der Waals surface area contributed by atoms with Crippen LogP contribution in [0.25, 0.3) is 11.0 Å². The van der Waals surface area contributed by atoms with E-state index in [-0.39, 0.29) is 46.4 Å². The molecule has 1 aromatic carbocycles. The number of para-hydroxylation sites is 2. The largest absolute Gasteiger partial charge is 0.393 e.